The minimum Gasteiger partial charge on any atom is -0.302 e. The van der Waals surface area contributed by atoms with E-state index in [1.54, 1.807) is 4.90 Å². The van der Waals surface area contributed by atoms with E-state index in [2.05, 4.69) is 0 Å². The predicted octanol–water partition coefficient (Wildman–Crippen LogP) is -0.391. The zero-order chi connectivity index (χ0) is 8.97. The van der Waals surface area contributed by atoms with E-state index in [1.165, 1.54) is 0 Å². The lowest BCUT2D eigenvalue weighted by atomic mass is 10.0. The Kier molecular flexibility index (Phi) is 3.68. The van der Waals surface area contributed by atoms with Crippen LogP contribution in [0.4, 0.5) is 0 Å². The number of rotatable bonds is 3. The molecule has 0 bridgehead atoms. The molecule has 0 N–H and O–H groups in total. The molecule has 1 saturated heterocycles. The van der Waals surface area contributed by atoms with Gasteiger partial charge in [-0.05, 0) is 19.4 Å². The van der Waals surface area contributed by atoms with Crippen molar-refractivity contribution in [2.24, 2.45) is 0 Å². The predicted molar refractivity (Wildman–Crippen MR) is 45.6 cm³/mol. The smallest absolute Gasteiger partial charge is 0.153 e. The van der Waals surface area contributed by atoms with Crippen molar-refractivity contribution in [3.8, 4) is 0 Å². The van der Waals surface area contributed by atoms with Gasteiger partial charge in [-0.15, -0.1) is 0 Å². The highest BCUT2D eigenvalue weighted by Gasteiger charge is 2.21. The molecule has 0 aromatic carbocycles. The summed E-state index contributed by atoms with van der Waals surface area (Å²) in [6, 6.07) is -0.174. The van der Waals surface area contributed by atoms with Crippen molar-refractivity contribution in [1.82, 2.24) is 4.90 Å². The van der Waals surface area contributed by atoms with E-state index in [9.17, 15) is 13.2 Å². The summed E-state index contributed by atoms with van der Waals surface area (Å²) in [7, 11) is -2.39. The largest absolute Gasteiger partial charge is 0.302 e. The second-order valence-electron chi connectivity index (χ2n) is 2.99. The quantitative estimate of drug-likeness (QED) is 0.487. The Hall–Kier alpha value is -0.420. The third kappa shape index (κ3) is 2.57. The first kappa shape index (κ1) is 9.67. The van der Waals surface area contributed by atoms with Gasteiger partial charge >= 0.3 is 0 Å². The molecular weight excluding hydrogens is 178 g/mol. The zero-order valence-corrected chi connectivity index (χ0v) is 7.70. The molecule has 1 unspecified atom stereocenters. The Morgan fingerprint density at radius 1 is 1.42 bits per heavy atom. The molecular formula is C7H13NO3S. The molecule has 0 saturated carbocycles. The van der Waals surface area contributed by atoms with Crippen molar-refractivity contribution < 1.29 is 13.2 Å². The third-order valence-corrected chi connectivity index (χ3v) is 2.71. The number of likely N-dealkylation sites (tertiary alicyclic amines) is 1. The summed E-state index contributed by atoms with van der Waals surface area (Å²) in [5.74, 6) is 0.0265. The van der Waals surface area contributed by atoms with Crippen molar-refractivity contribution in [2.45, 2.75) is 25.3 Å². The summed E-state index contributed by atoms with van der Waals surface area (Å²) in [5.41, 5.74) is 0. The number of carbonyl (C=O) groups excluding carboxylic acids is 1. The third-order valence-electron chi connectivity index (χ3n) is 2.12. The van der Waals surface area contributed by atoms with Gasteiger partial charge in [-0.2, -0.15) is 0 Å². The van der Waals surface area contributed by atoms with Gasteiger partial charge < -0.3 is 4.79 Å². The molecule has 0 aromatic heterocycles. The zero-order valence-electron chi connectivity index (χ0n) is 6.81. The van der Waals surface area contributed by atoms with Gasteiger partial charge in [0.15, 0.2) is 10.7 Å². The van der Waals surface area contributed by atoms with Crippen molar-refractivity contribution in [1.29, 1.82) is 0 Å². The molecule has 1 aliphatic heterocycles. The van der Waals surface area contributed by atoms with E-state index >= 15 is 0 Å². The van der Waals surface area contributed by atoms with Crippen molar-refractivity contribution in [3.63, 3.8) is 0 Å². The maximum absolute atomic E-state index is 10.5. The summed E-state index contributed by atoms with van der Waals surface area (Å²) in [5, 5.41) is 0. The fourth-order valence-corrected chi connectivity index (χ4v) is 2.14. The minimum absolute atomic E-state index is 0.0265. The topological polar surface area (TPSA) is 54.5 Å². The lowest BCUT2D eigenvalue weighted by Crippen LogP contribution is -2.41. The highest BCUT2D eigenvalue weighted by molar-refractivity contribution is 7.72. The van der Waals surface area contributed by atoms with Crippen LogP contribution in [-0.4, -0.2) is 38.1 Å². The van der Waals surface area contributed by atoms with Crippen LogP contribution in [0.2, 0.25) is 0 Å². The number of hydrogen-bond donors (Lipinski definition) is 1. The van der Waals surface area contributed by atoms with E-state index in [4.69, 9.17) is 0 Å². The van der Waals surface area contributed by atoms with Crippen LogP contribution in [0, 0.1) is 0 Å². The first-order chi connectivity index (χ1) is 5.74. The van der Waals surface area contributed by atoms with Crippen molar-refractivity contribution >= 4 is 17.0 Å². The number of aldehydes is 1. The fourth-order valence-electron chi connectivity index (χ4n) is 1.49. The van der Waals surface area contributed by atoms with E-state index in [0.29, 0.717) is 0 Å². The molecule has 1 rings (SSSR count). The Labute approximate surface area is 73.5 Å². The van der Waals surface area contributed by atoms with E-state index < -0.39 is 10.7 Å². The van der Waals surface area contributed by atoms with Crippen LogP contribution >= 0.6 is 0 Å². The van der Waals surface area contributed by atoms with Crippen LogP contribution in [0.3, 0.4) is 0 Å². The monoisotopic (exact) mass is 191 g/mol. The molecule has 0 aliphatic carbocycles. The second-order valence-corrected chi connectivity index (χ2v) is 3.93. The average molecular weight is 191 g/mol. The average Bonchev–Trinajstić information content (AvgIpc) is 2.04. The minimum atomic E-state index is -2.39. The van der Waals surface area contributed by atoms with Crippen LogP contribution in [-0.2, 0) is 15.5 Å². The van der Waals surface area contributed by atoms with Gasteiger partial charge in [0.25, 0.3) is 0 Å². The van der Waals surface area contributed by atoms with Gasteiger partial charge in [0, 0.05) is 0 Å². The summed E-state index contributed by atoms with van der Waals surface area (Å²) < 4.78 is 20.8. The van der Waals surface area contributed by atoms with E-state index in [0.717, 1.165) is 32.1 Å². The molecule has 1 heterocycles. The van der Waals surface area contributed by atoms with Gasteiger partial charge in [0.05, 0.1) is 11.9 Å². The summed E-state index contributed by atoms with van der Waals surface area (Å²) >= 11 is 0. The van der Waals surface area contributed by atoms with E-state index in [1.807, 2.05) is 0 Å². The van der Waals surface area contributed by atoms with Crippen molar-refractivity contribution in [3.05, 3.63) is 0 Å². The summed E-state index contributed by atoms with van der Waals surface area (Å²) in [6.07, 6.45) is 3.66. The van der Waals surface area contributed by atoms with Crippen LogP contribution in [0.25, 0.3) is 0 Å². The standard InChI is InChI=1S/C7H13NO3S/c9-5-7-3-1-2-4-8(7)6-12(10)11/h5,7,12H,1-4,6H2. The Morgan fingerprint density at radius 2 is 2.17 bits per heavy atom. The molecule has 1 atom stereocenters. The molecule has 0 radical (unpaired) electrons. The van der Waals surface area contributed by atoms with Gasteiger partial charge in [0.2, 0.25) is 0 Å². The first-order valence-electron chi connectivity index (χ1n) is 4.05. The van der Waals surface area contributed by atoms with Crippen LogP contribution in [0.5, 0.6) is 0 Å². The molecule has 70 valence electrons. The van der Waals surface area contributed by atoms with Crippen LogP contribution in [0.1, 0.15) is 19.3 Å². The van der Waals surface area contributed by atoms with Gasteiger partial charge in [0.1, 0.15) is 6.29 Å². The highest BCUT2D eigenvalue weighted by atomic mass is 32.2. The highest BCUT2D eigenvalue weighted by Crippen LogP contribution is 2.14. The number of piperidine rings is 1. The van der Waals surface area contributed by atoms with Crippen LogP contribution < -0.4 is 0 Å². The van der Waals surface area contributed by atoms with Gasteiger partial charge in [-0.25, -0.2) is 8.42 Å². The molecule has 12 heavy (non-hydrogen) atoms. The Morgan fingerprint density at radius 3 is 2.75 bits per heavy atom. The molecule has 1 fully saturated rings. The number of carbonyl (C=O) groups is 1. The molecule has 0 aromatic rings. The SMILES string of the molecule is O=CC1CCCCN1C[SH](=O)=O. The number of hydrogen-bond acceptors (Lipinski definition) is 4. The molecule has 5 heteroatoms. The molecule has 1 aliphatic rings. The van der Waals surface area contributed by atoms with Gasteiger partial charge in [-0.3, -0.25) is 4.90 Å². The second kappa shape index (κ2) is 4.57. The Bertz CT molecular complexity index is 219. The normalized spacial score (nSPS) is 25.9. The summed E-state index contributed by atoms with van der Waals surface area (Å²) in [6.45, 7) is 0.729. The summed E-state index contributed by atoms with van der Waals surface area (Å²) in [4.78, 5) is 12.2. The van der Waals surface area contributed by atoms with E-state index in [-0.39, 0.29) is 11.9 Å². The molecule has 4 nitrogen and oxygen atoms in total. The van der Waals surface area contributed by atoms with Gasteiger partial charge in [-0.1, -0.05) is 6.42 Å². The lowest BCUT2D eigenvalue weighted by molar-refractivity contribution is -0.113. The lowest BCUT2D eigenvalue weighted by Gasteiger charge is -2.29. The molecule has 0 amide bonds. The fraction of sp³-hybridized carbons (Fsp3) is 0.857. The van der Waals surface area contributed by atoms with Crippen LogP contribution in [0.15, 0.2) is 0 Å². The maximum atomic E-state index is 10.5. The Balaban J connectivity index is 2.52. The number of thiol groups is 1. The van der Waals surface area contributed by atoms with Crippen molar-refractivity contribution in [2.75, 3.05) is 12.4 Å². The number of nitrogens with zero attached hydrogens (tertiary/aromatic N) is 1. The molecule has 0 spiro atoms. The maximum Gasteiger partial charge on any atom is 0.153 e. The first-order valence-corrected chi connectivity index (χ1v) is 5.41.